The van der Waals surface area contributed by atoms with Gasteiger partial charge in [-0.15, -0.1) is 0 Å². The molecule has 0 unspecified atom stereocenters. The van der Waals surface area contributed by atoms with Crippen molar-refractivity contribution in [3.8, 4) is 6.07 Å². The van der Waals surface area contributed by atoms with Gasteiger partial charge in [0.15, 0.2) is 6.61 Å². The van der Waals surface area contributed by atoms with Crippen molar-refractivity contribution in [3.05, 3.63) is 18.2 Å². The monoisotopic (exact) mass is 270 g/mol. The zero-order valence-electron chi connectivity index (χ0n) is 9.24. The normalized spacial score (nSPS) is 17.1. The number of amides is 1. The molecule has 96 valence electrons. The number of nitrogens with two attached hydrogens (primary N) is 1. The van der Waals surface area contributed by atoms with Gasteiger partial charge < -0.3 is 5.73 Å². The molecule has 0 radical (unpaired) electrons. The van der Waals surface area contributed by atoms with E-state index < -0.39 is 28.2 Å². The minimum absolute atomic E-state index is 0.0351. The van der Waals surface area contributed by atoms with E-state index in [1.54, 1.807) is 6.07 Å². The van der Waals surface area contributed by atoms with E-state index in [0.717, 1.165) is 10.2 Å². The van der Waals surface area contributed by atoms with Gasteiger partial charge in [-0.1, -0.05) is 0 Å². The number of hydrogen-bond acceptors (Lipinski definition) is 6. The van der Waals surface area contributed by atoms with Crippen LogP contribution in [0.15, 0.2) is 12.4 Å². The average Bonchev–Trinajstić information content (AvgIpc) is 2.97. The minimum atomic E-state index is -4.16. The number of primary amides is 1. The highest BCUT2D eigenvalue weighted by Gasteiger charge is 2.54. The van der Waals surface area contributed by atoms with E-state index in [-0.39, 0.29) is 5.82 Å². The van der Waals surface area contributed by atoms with Crippen LogP contribution in [0.5, 0.6) is 0 Å². The number of carbonyl (C=O) groups is 1. The third-order valence-electron chi connectivity index (χ3n) is 2.77. The van der Waals surface area contributed by atoms with Gasteiger partial charge in [0.05, 0.1) is 6.07 Å². The van der Waals surface area contributed by atoms with Crippen molar-refractivity contribution >= 4 is 16.2 Å². The lowest BCUT2D eigenvalue weighted by Gasteiger charge is -2.12. The van der Waals surface area contributed by atoms with Crippen LogP contribution in [0.3, 0.4) is 0 Å². The molecule has 1 aliphatic carbocycles. The molecule has 2 N–H and O–H groups in total. The Kier molecular flexibility index (Phi) is 2.84. The van der Waals surface area contributed by atoms with Gasteiger partial charge in [0.1, 0.15) is 11.2 Å². The molecule has 0 aromatic carbocycles. The summed E-state index contributed by atoms with van der Waals surface area (Å²) in [7, 11) is -4.16. The lowest BCUT2D eigenvalue weighted by Crippen LogP contribution is -2.33. The van der Waals surface area contributed by atoms with Gasteiger partial charge in [0.25, 0.3) is 0 Å². The summed E-state index contributed by atoms with van der Waals surface area (Å²) in [6, 6.07) is 1.56. The lowest BCUT2D eigenvalue weighted by atomic mass is 10.1. The molecule has 8 nitrogen and oxygen atoms in total. The van der Waals surface area contributed by atoms with Gasteiger partial charge in [-0.25, -0.2) is 13.1 Å². The van der Waals surface area contributed by atoms with Crippen LogP contribution >= 0.6 is 0 Å². The molecule has 1 saturated carbocycles. The van der Waals surface area contributed by atoms with E-state index in [0.29, 0.717) is 12.8 Å². The van der Waals surface area contributed by atoms with Crippen molar-refractivity contribution < 1.29 is 17.4 Å². The summed E-state index contributed by atoms with van der Waals surface area (Å²) in [5.74, 6) is -0.585. The Balaban J connectivity index is 2.41. The van der Waals surface area contributed by atoms with E-state index in [2.05, 4.69) is 9.17 Å². The zero-order valence-corrected chi connectivity index (χ0v) is 10.1. The second kappa shape index (κ2) is 4.08. The Labute approximate surface area is 103 Å². The average molecular weight is 270 g/mol. The van der Waals surface area contributed by atoms with Crippen LogP contribution in [-0.2, 0) is 24.7 Å². The predicted octanol–water partition coefficient (Wildman–Crippen LogP) is -0.967. The molecule has 0 spiro atoms. The highest BCUT2D eigenvalue weighted by atomic mass is 32.2. The second-order valence-electron chi connectivity index (χ2n) is 3.87. The fraction of sp³-hybridized carbons (Fsp3) is 0.444. The summed E-state index contributed by atoms with van der Waals surface area (Å²) in [5, 5.41) is 8.32. The van der Waals surface area contributed by atoms with E-state index in [4.69, 9.17) is 11.0 Å². The van der Waals surface area contributed by atoms with Crippen LogP contribution in [0.2, 0.25) is 0 Å². The first-order chi connectivity index (χ1) is 8.44. The number of nitriles is 1. The number of aromatic nitrogens is 2. The third-order valence-corrected chi connectivity index (χ3v) is 3.96. The third kappa shape index (κ3) is 1.85. The second-order valence-corrected chi connectivity index (χ2v) is 5.36. The summed E-state index contributed by atoms with van der Waals surface area (Å²) >= 11 is 0. The van der Waals surface area contributed by atoms with Crippen molar-refractivity contribution in [1.82, 2.24) is 8.96 Å². The molecule has 1 fully saturated rings. The number of hydrogen-bond donors (Lipinski definition) is 1. The molecule has 0 bridgehead atoms. The van der Waals surface area contributed by atoms with Gasteiger partial charge in [-0.2, -0.15) is 13.7 Å². The summed E-state index contributed by atoms with van der Waals surface area (Å²) in [5.41, 5.74) is 4.22. The first-order valence-electron chi connectivity index (χ1n) is 5.05. The first-order valence-corrected chi connectivity index (χ1v) is 6.41. The molecule has 1 amide bonds. The zero-order chi connectivity index (χ0) is 13.4. The Bertz CT molecular complexity index is 623. The Morgan fingerprint density at radius 3 is 2.83 bits per heavy atom. The van der Waals surface area contributed by atoms with E-state index in [9.17, 15) is 13.2 Å². The molecule has 2 rings (SSSR count). The predicted molar refractivity (Wildman–Crippen MR) is 58.2 cm³/mol. The molecule has 9 heteroatoms. The van der Waals surface area contributed by atoms with Crippen LogP contribution in [0.25, 0.3) is 0 Å². The number of nitrogens with zero attached hydrogens (tertiary/aromatic N) is 3. The summed E-state index contributed by atoms with van der Waals surface area (Å²) in [4.78, 5) is 15.2. The Hall–Kier alpha value is -1.92. The molecule has 1 aromatic heterocycles. The van der Waals surface area contributed by atoms with Crippen molar-refractivity contribution in [2.24, 2.45) is 5.73 Å². The summed E-state index contributed by atoms with van der Waals surface area (Å²) < 4.78 is 28.7. The summed E-state index contributed by atoms with van der Waals surface area (Å²) in [6.45, 7) is -0.608. The first kappa shape index (κ1) is 12.5. The number of imidazole rings is 1. The maximum Gasteiger partial charge on any atom is 0.368 e. The molecule has 0 aliphatic heterocycles. The standard InChI is InChI=1S/C9H10N4O4S/c10-3-6-17-18(15,16)13-5-4-12-8(13)9(1-2-9)7(11)14/h4-5H,1-2,6H2,(H2,11,14). The summed E-state index contributed by atoms with van der Waals surface area (Å²) in [6.07, 6.45) is 3.30. The SMILES string of the molecule is N#CCOS(=O)(=O)n1ccnc1C1(C(N)=O)CC1. The fourth-order valence-electron chi connectivity index (χ4n) is 1.67. The van der Waals surface area contributed by atoms with Crippen LogP contribution in [-0.4, -0.2) is 29.9 Å². The maximum atomic E-state index is 11.8. The Morgan fingerprint density at radius 2 is 2.33 bits per heavy atom. The minimum Gasteiger partial charge on any atom is -0.369 e. The van der Waals surface area contributed by atoms with Crippen LogP contribution < -0.4 is 5.73 Å². The van der Waals surface area contributed by atoms with Crippen LogP contribution in [0, 0.1) is 11.3 Å². The molecule has 0 saturated heterocycles. The van der Waals surface area contributed by atoms with Crippen LogP contribution in [0.1, 0.15) is 18.7 Å². The van der Waals surface area contributed by atoms with Gasteiger partial charge >= 0.3 is 10.3 Å². The van der Waals surface area contributed by atoms with Gasteiger partial charge in [0.2, 0.25) is 5.91 Å². The maximum absolute atomic E-state index is 11.8. The number of carbonyl (C=O) groups excluding carboxylic acids is 1. The largest absolute Gasteiger partial charge is 0.369 e. The van der Waals surface area contributed by atoms with Gasteiger partial charge in [-0.05, 0) is 12.8 Å². The van der Waals surface area contributed by atoms with Crippen LogP contribution in [0.4, 0.5) is 0 Å². The molecule has 1 heterocycles. The molecule has 18 heavy (non-hydrogen) atoms. The molecule has 1 aliphatic rings. The van der Waals surface area contributed by atoms with E-state index in [1.807, 2.05) is 0 Å². The quantitative estimate of drug-likeness (QED) is 0.733. The molecular formula is C9H10N4O4S. The smallest absolute Gasteiger partial charge is 0.368 e. The highest BCUT2D eigenvalue weighted by Crippen LogP contribution is 2.47. The van der Waals surface area contributed by atoms with Crippen molar-refractivity contribution in [1.29, 1.82) is 5.26 Å². The van der Waals surface area contributed by atoms with Gasteiger partial charge in [0, 0.05) is 12.4 Å². The van der Waals surface area contributed by atoms with E-state index >= 15 is 0 Å². The fourth-order valence-corrected chi connectivity index (χ4v) is 2.62. The molecular weight excluding hydrogens is 260 g/mol. The molecule has 0 atom stereocenters. The highest BCUT2D eigenvalue weighted by molar-refractivity contribution is 7.85. The van der Waals surface area contributed by atoms with Crippen molar-refractivity contribution in [2.75, 3.05) is 6.61 Å². The number of rotatable bonds is 5. The van der Waals surface area contributed by atoms with Gasteiger partial charge in [-0.3, -0.25) is 4.79 Å². The Morgan fingerprint density at radius 1 is 1.67 bits per heavy atom. The van der Waals surface area contributed by atoms with E-state index in [1.165, 1.54) is 6.20 Å². The van der Waals surface area contributed by atoms with Crippen molar-refractivity contribution in [2.45, 2.75) is 18.3 Å². The molecule has 1 aromatic rings. The van der Waals surface area contributed by atoms with Crippen molar-refractivity contribution in [3.63, 3.8) is 0 Å². The lowest BCUT2D eigenvalue weighted by molar-refractivity contribution is -0.120. The topological polar surface area (TPSA) is 128 Å².